The molecule has 0 radical (unpaired) electrons. The SMILES string of the molecule is CCCCCOc1ccccc1CC(NC(=O)OC(C)(C)C)C(=O)O. The number of alkyl carbamates (subject to hydrolysis) is 1. The molecule has 0 fully saturated rings. The highest BCUT2D eigenvalue weighted by atomic mass is 16.6. The molecule has 1 rings (SSSR count). The molecular formula is C19H29NO5. The monoisotopic (exact) mass is 351 g/mol. The number of carboxylic acids is 1. The van der Waals surface area contributed by atoms with Crippen LogP contribution >= 0.6 is 0 Å². The smallest absolute Gasteiger partial charge is 0.408 e. The van der Waals surface area contributed by atoms with Crippen molar-refractivity contribution < 1.29 is 24.2 Å². The number of carbonyl (C=O) groups excluding carboxylic acids is 1. The maximum absolute atomic E-state index is 11.9. The lowest BCUT2D eigenvalue weighted by Gasteiger charge is -2.22. The van der Waals surface area contributed by atoms with Crippen LogP contribution in [0.15, 0.2) is 24.3 Å². The number of nitrogens with one attached hydrogen (secondary N) is 1. The number of ether oxygens (including phenoxy) is 2. The second-order valence-corrected chi connectivity index (χ2v) is 6.90. The van der Waals surface area contributed by atoms with Crippen molar-refractivity contribution >= 4 is 12.1 Å². The summed E-state index contributed by atoms with van der Waals surface area (Å²) >= 11 is 0. The van der Waals surface area contributed by atoms with Crippen molar-refractivity contribution in [1.29, 1.82) is 0 Å². The first-order chi connectivity index (χ1) is 11.7. The summed E-state index contributed by atoms with van der Waals surface area (Å²) < 4.78 is 10.9. The topological polar surface area (TPSA) is 84.9 Å². The Morgan fingerprint density at radius 1 is 1.20 bits per heavy atom. The van der Waals surface area contributed by atoms with Gasteiger partial charge in [0.1, 0.15) is 17.4 Å². The summed E-state index contributed by atoms with van der Waals surface area (Å²) in [6.45, 7) is 7.88. The molecule has 0 aliphatic heterocycles. The molecule has 0 aromatic heterocycles. The quantitative estimate of drug-likeness (QED) is 0.662. The second kappa shape index (κ2) is 9.91. The minimum absolute atomic E-state index is 0.124. The number of hydrogen-bond donors (Lipinski definition) is 2. The van der Waals surface area contributed by atoms with Crippen molar-refractivity contribution in [3.63, 3.8) is 0 Å². The normalized spacial score (nSPS) is 12.3. The van der Waals surface area contributed by atoms with Gasteiger partial charge in [0.05, 0.1) is 6.61 Å². The van der Waals surface area contributed by atoms with Crippen LogP contribution in [0.2, 0.25) is 0 Å². The molecule has 6 heteroatoms. The molecule has 6 nitrogen and oxygen atoms in total. The largest absolute Gasteiger partial charge is 0.493 e. The Balaban J connectivity index is 2.75. The molecule has 140 valence electrons. The summed E-state index contributed by atoms with van der Waals surface area (Å²) in [5, 5.41) is 11.8. The fraction of sp³-hybridized carbons (Fsp3) is 0.579. The Hall–Kier alpha value is -2.24. The van der Waals surface area contributed by atoms with Crippen LogP contribution in [0, 0.1) is 0 Å². The molecule has 0 aliphatic carbocycles. The molecule has 1 aromatic rings. The lowest BCUT2D eigenvalue weighted by Crippen LogP contribution is -2.44. The molecule has 0 saturated heterocycles. The highest BCUT2D eigenvalue weighted by molar-refractivity contribution is 5.80. The van der Waals surface area contributed by atoms with Crippen LogP contribution in [-0.4, -0.2) is 35.4 Å². The van der Waals surface area contributed by atoms with Gasteiger partial charge in [-0.3, -0.25) is 0 Å². The molecule has 1 atom stereocenters. The molecule has 1 aromatic carbocycles. The molecule has 2 N–H and O–H groups in total. The van der Waals surface area contributed by atoms with Gasteiger partial charge in [-0.05, 0) is 38.8 Å². The van der Waals surface area contributed by atoms with Gasteiger partial charge in [-0.2, -0.15) is 0 Å². The molecular weight excluding hydrogens is 322 g/mol. The van der Waals surface area contributed by atoms with Crippen LogP contribution in [0.25, 0.3) is 0 Å². The Morgan fingerprint density at radius 2 is 1.88 bits per heavy atom. The summed E-state index contributed by atoms with van der Waals surface area (Å²) in [7, 11) is 0. The molecule has 1 unspecified atom stereocenters. The predicted molar refractivity (Wildman–Crippen MR) is 96.0 cm³/mol. The standard InChI is InChI=1S/C19H29NO5/c1-5-6-9-12-24-16-11-8-7-10-14(16)13-15(17(21)22)20-18(23)25-19(2,3)4/h7-8,10-11,15H,5-6,9,12-13H2,1-4H3,(H,20,23)(H,21,22). The summed E-state index contributed by atoms with van der Waals surface area (Å²) in [5.41, 5.74) is 0.0513. The zero-order valence-corrected chi connectivity index (χ0v) is 15.5. The van der Waals surface area contributed by atoms with Gasteiger partial charge in [-0.1, -0.05) is 38.0 Å². The molecule has 0 heterocycles. The van der Waals surface area contributed by atoms with Gasteiger partial charge in [0.15, 0.2) is 0 Å². The molecule has 0 aliphatic rings. The number of carbonyl (C=O) groups is 2. The minimum Gasteiger partial charge on any atom is -0.493 e. The van der Waals surface area contributed by atoms with E-state index in [2.05, 4.69) is 12.2 Å². The van der Waals surface area contributed by atoms with Crippen LogP contribution in [0.5, 0.6) is 5.75 Å². The van der Waals surface area contributed by atoms with Gasteiger partial charge in [-0.15, -0.1) is 0 Å². The van der Waals surface area contributed by atoms with Crippen molar-refractivity contribution in [2.75, 3.05) is 6.61 Å². The fourth-order valence-corrected chi connectivity index (χ4v) is 2.22. The van der Waals surface area contributed by atoms with Crippen LogP contribution in [-0.2, 0) is 16.0 Å². The van der Waals surface area contributed by atoms with Crippen molar-refractivity contribution in [3.05, 3.63) is 29.8 Å². The third-order valence-corrected chi connectivity index (χ3v) is 3.39. The zero-order chi connectivity index (χ0) is 18.9. The summed E-state index contributed by atoms with van der Waals surface area (Å²) in [5.74, 6) is -0.470. The number of benzene rings is 1. The number of amides is 1. The van der Waals surface area contributed by atoms with Gasteiger partial charge in [0.25, 0.3) is 0 Å². The van der Waals surface area contributed by atoms with E-state index in [0.29, 0.717) is 12.4 Å². The first-order valence-corrected chi connectivity index (χ1v) is 8.66. The Morgan fingerprint density at radius 3 is 2.48 bits per heavy atom. The lowest BCUT2D eigenvalue weighted by atomic mass is 10.0. The Labute approximate surface area is 149 Å². The van der Waals surface area contributed by atoms with Crippen LogP contribution in [0.1, 0.15) is 52.5 Å². The number of para-hydroxylation sites is 1. The molecule has 0 saturated carbocycles. The molecule has 25 heavy (non-hydrogen) atoms. The summed E-state index contributed by atoms with van der Waals surface area (Å²) in [6, 6.07) is 6.20. The van der Waals surface area contributed by atoms with Crippen molar-refractivity contribution in [1.82, 2.24) is 5.32 Å². The minimum atomic E-state index is -1.12. The number of rotatable bonds is 9. The molecule has 0 bridgehead atoms. The Kier molecular flexibility index (Phi) is 8.25. The average Bonchev–Trinajstić information content (AvgIpc) is 2.50. The third-order valence-electron chi connectivity index (χ3n) is 3.39. The second-order valence-electron chi connectivity index (χ2n) is 6.90. The number of carboxylic acid groups (broad SMARTS) is 1. The van der Waals surface area contributed by atoms with E-state index >= 15 is 0 Å². The zero-order valence-electron chi connectivity index (χ0n) is 15.5. The Bertz CT molecular complexity index is 565. The van der Waals surface area contributed by atoms with Gasteiger partial charge in [0.2, 0.25) is 0 Å². The maximum atomic E-state index is 11.9. The highest BCUT2D eigenvalue weighted by Gasteiger charge is 2.25. The van der Waals surface area contributed by atoms with Gasteiger partial charge < -0.3 is 19.9 Å². The first-order valence-electron chi connectivity index (χ1n) is 8.66. The summed E-state index contributed by atoms with van der Waals surface area (Å²) in [4.78, 5) is 23.4. The molecule has 0 spiro atoms. The van der Waals surface area contributed by atoms with E-state index in [9.17, 15) is 14.7 Å². The predicted octanol–water partition coefficient (Wildman–Crippen LogP) is 3.78. The van der Waals surface area contributed by atoms with E-state index < -0.39 is 23.7 Å². The third kappa shape index (κ3) is 8.42. The number of aliphatic carboxylic acids is 1. The van der Waals surface area contributed by atoms with E-state index in [1.807, 2.05) is 24.3 Å². The van der Waals surface area contributed by atoms with E-state index in [1.165, 1.54) is 0 Å². The van der Waals surface area contributed by atoms with Gasteiger partial charge in [0, 0.05) is 6.42 Å². The van der Waals surface area contributed by atoms with E-state index in [-0.39, 0.29) is 6.42 Å². The van der Waals surface area contributed by atoms with E-state index in [4.69, 9.17) is 9.47 Å². The van der Waals surface area contributed by atoms with Crippen LogP contribution in [0.3, 0.4) is 0 Å². The van der Waals surface area contributed by atoms with Crippen molar-refractivity contribution in [2.45, 2.75) is 65.0 Å². The molecule has 1 amide bonds. The van der Waals surface area contributed by atoms with E-state index in [1.54, 1.807) is 20.8 Å². The van der Waals surface area contributed by atoms with Crippen LogP contribution in [0.4, 0.5) is 4.79 Å². The number of unbranched alkanes of at least 4 members (excludes halogenated alkanes) is 2. The average molecular weight is 351 g/mol. The fourth-order valence-electron chi connectivity index (χ4n) is 2.22. The number of hydrogen-bond acceptors (Lipinski definition) is 4. The summed E-state index contributed by atoms with van der Waals surface area (Å²) in [6.07, 6.45) is 2.51. The van der Waals surface area contributed by atoms with Crippen molar-refractivity contribution in [3.8, 4) is 5.75 Å². The maximum Gasteiger partial charge on any atom is 0.408 e. The van der Waals surface area contributed by atoms with Gasteiger partial charge in [-0.25, -0.2) is 9.59 Å². The highest BCUT2D eigenvalue weighted by Crippen LogP contribution is 2.20. The lowest BCUT2D eigenvalue weighted by molar-refractivity contribution is -0.139. The van der Waals surface area contributed by atoms with E-state index in [0.717, 1.165) is 24.8 Å². The van der Waals surface area contributed by atoms with Crippen LogP contribution < -0.4 is 10.1 Å². The van der Waals surface area contributed by atoms with Gasteiger partial charge >= 0.3 is 12.1 Å². The van der Waals surface area contributed by atoms with Crippen molar-refractivity contribution in [2.24, 2.45) is 0 Å². The first kappa shape index (κ1) is 20.8.